The van der Waals surface area contributed by atoms with Crippen LogP contribution in [0.3, 0.4) is 0 Å². The fourth-order valence-corrected chi connectivity index (χ4v) is 3.52. The molecule has 2 N–H and O–H groups in total. The minimum absolute atomic E-state index is 0.0592. The molecule has 1 aliphatic heterocycles. The molecule has 25 heavy (non-hydrogen) atoms. The van der Waals surface area contributed by atoms with E-state index >= 15 is 0 Å². The maximum atomic E-state index is 13.0. The summed E-state index contributed by atoms with van der Waals surface area (Å²) in [6.45, 7) is 4.31. The van der Waals surface area contributed by atoms with Gasteiger partial charge >= 0.3 is 0 Å². The zero-order valence-electron chi connectivity index (χ0n) is 14.7. The molecule has 0 bridgehead atoms. The first kappa shape index (κ1) is 18.2. The number of carbonyl (C=O) groups is 2. The van der Waals surface area contributed by atoms with Crippen molar-refractivity contribution in [3.63, 3.8) is 0 Å². The van der Waals surface area contributed by atoms with Gasteiger partial charge in [0.1, 0.15) is 0 Å². The number of hydrogen-bond acceptors (Lipinski definition) is 3. The van der Waals surface area contributed by atoms with Gasteiger partial charge in [-0.1, -0.05) is 23.7 Å². The van der Waals surface area contributed by atoms with E-state index in [4.69, 9.17) is 11.6 Å². The molecule has 1 saturated heterocycles. The van der Waals surface area contributed by atoms with Crippen LogP contribution in [0.4, 0.5) is 0 Å². The van der Waals surface area contributed by atoms with Crippen LogP contribution in [0.2, 0.25) is 5.02 Å². The standard InChI is InChI=1S/C19H26ClN3O2/c1-13(24)22-10-14-4-7-18(20)16(9-14)12-23(17-5-6-17)19(25)15-3-2-8-21-11-15/h4,7,9,15,17,21H,2-3,5-6,8,10-12H2,1H3,(H,22,24). The maximum absolute atomic E-state index is 13.0. The van der Waals surface area contributed by atoms with E-state index in [1.807, 2.05) is 23.1 Å². The summed E-state index contributed by atoms with van der Waals surface area (Å²) in [4.78, 5) is 26.1. The van der Waals surface area contributed by atoms with E-state index in [9.17, 15) is 9.59 Å². The highest BCUT2D eigenvalue weighted by molar-refractivity contribution is 6.31. The maximum Gasteiger partial charge on any atom is 0.227 e. The van der Waals surface area contributed by atoms with Crippen molar-refractivity contribution >= 4 is 23.4 Å². The van der Waals surface area contributed by atoms with Crippen molar-refractivity contribution in [1.29, 1.82) is 0 Å². The number of nitrogens with one attached hydrogen (secondary N) is 2. The number of hydrogen-bond donors (Lipinski definition) is 2. The monoisotopic (exact) mass is 363 g/mol. The Morgan fingerprint density at radius 2 is 2.12 bits per heavy atom. The van der Waals surface area contributed by atoms with Gasteiger partial charge in [-0.3, -0.25) is 9.59 Å². The molecule has 1 aromatic carbocycles. The molecule has 2 aliphatic rings. The Morgan fingerprint density at radius 1 is 1.32 bits per heavy atom. The van der Waals surface area contributed by atoms with E-state index in [1.165, 1.54) is 6.92 Å². The SMILES string of the molecule is CC(=O)NCc1ccc(Cl)c(CN(C(=O)C2CCCNC2)C2CC2)c1. The van der Waals surface area contributed by atoms with Crippen molar-refractivity contribution < 1.29 is 9.59 Å². The average Bonchev–Trinajstić information content (AvgIpc) is 3.45. The molecule has 6 heteroatoms. The first-order valence-corrected chi connectivity index (χ1v) is 9.45. The first-order valence-electron chi connectivity index (χ1n) is 9.07. The fraction of sp³-hybridized carbons (Fsp3) is 0.579. The molecule has 1 unspecified atom stereocenters. The normalized spacial score (nSPS) is 20.2. The third kappa shape index (κ3) is 4.95. The van der Waals surface area contributed by atoms with Crippen molar-refractivity contribution in [2.75, 3.05) is 13.1 Å². The van der Waals surface area contributed by atoms with Crippen molar-refractivity contribution in [2.45, 2.75) is 51.7 Å². The number of piperidine rings is 1. The van der Waals surface area contributed by atoms with Crippen molar-refractivity contribution in [3.05, 3.63) is 34.3 Å². The summed E-state index contributed by atoms with van der Waals surface area (Å²) < 4.78 is 0. The summed E-state index contributed by atoms with van der Waals surface area (Å²) in [6.07, 6.45) is 4.18. The third-order valence-electron chi connectivity index (χ3n) is 4.91. The Morgan fingerprint density at radius 3 is 2.76 bits per heavy atom. The lowest BCUT2D eigenvalue weighted by Gasteiger charge is -2.30. The van der Waals surface area contributed by atoms with Crippen molar-refractivity contribution in [1.82, 2.24) is 15.5 Å². The van der Waals surface area contributed by atoms with Gasteiger partial charge in [-0.2, -0.15) is 0 Å². The summed E-state index contributed by atoms with van der Waals surface area (Å²) in [6, 6.07) is 6.12. The van der Waals surface area contributed by atoms with E-state index in [2.05, 4.69) is 10.6 Å². The van der Waals surface area contributed by atoms with Crippen LogP contribution in [0, 0.1) is 5.92 Å². The van der Waals surface area contributed by atoms with Gasteiger partial charge in [-0.05, 0) is 49.4 Å². The van der Waals surface area contributed by atoms with Gasteiger partial charge in [0.15, 0.2) is 0 Å². The van der Waals surface area contributed by atoms with Crippen LogP contribution in [0.5, 0.6) is 0 Å². The van der Waals surface area contributed by atoms with Crippen molar-refractivity contribution in [3.8, 4) is 0 Å². The number of amides is 2. The van der Waals surface area contributed by atoms with Gasteiger partial charge in [0, 0.05) is 37.6 Å². The fourth-order valence-electron chi connectivity index (χ4n) is 3.34. The quantitative estimate of drug-likeness (QED) is 0.816. The summed E-state index contributed by atoms with van der Waals surface area (Å²) >= 11 is 6.38. The zero-order valence-corrected chi connectivity index (χ0v) is 15.4. The Kier molecular flexibility index (Phi) is 5.97. The lowest BCUT2D eigenvalue weighted by molar-refractivity contribution is -0.137. The minimum atomic E-state index is -0.0592. The lowest BCUT2D eigenvalue weighted by Crippen LogP contribution is -2.43. The van der Waals surface area contributed by atoms with Gasteiger partial charge in [0.05, 0.1) is 5.92 Å². The first-order chi connectivity index (χ1) is 12.0. The molecule has 0 spiro atoms. The Labute approximate surface area is 154 Å². The number of benzene rings is 1. The number of rotatable bonds is 6. The predicted molar refractivity (Wildman–Crippen MR) is 98.1 cm³/mol. The van der Waals surface area contributed by atoms with E-state index in [0.29, 0.717) is 24.2 Å². The molecular weight excluding hydrogens is 338 g/mol. The molecule has 1 saturated carbocycles. The van der Waals surface area contributed by atoms with Crippen LogP contribution in [-0.4, -0.2) is 35.8 Å². The second-order valence-corrected chi connectivity index (χ2v) is 7.48. The highest BCUT2D eigenvalue weighted by Crippen LogP contribution is 2.32. The van der Waals surface area contributed by atoms with Gasteiger partial charge in [-0.15, -0.1) is 0 Å². The third-order valence-corrected chi connectivity index (χ3v) is 5.28. The van der Waals surface area contributed by atoms with Crippen LogP contribution in [-0.2, 0) is 22.7 Å². The van der Waals surface area contributed by atoms with Gasteiger partial charge in [0.2, 0.25) is 11.8 Å². The zero-order chi connectivity index (χ0) is 17.8. The van der Waals surface area contributed by atoms with E-state index < -0.39 is 0 Å². The summed E-state index contributed by atoms with van der Waals surface area (Å²) in [7, 11) is 0. The molecule has 0 aromatic heterocycles. The predicted octanol–water partition coefficient (Wildman–Crippen LogP) is 2.47. The lowest BCUT2D eigenvalue weighted by atomic mass is 9.97. The van der Waals surface area contributed by atoms with Gasteiger partial charge in [0.25, 0.3) is 0 Å². The topological polar surface area (TPSA) is 61.4 Å². The molecule has 3 rings (SSSR count). The molecule has 136 valence electrons. The largest absolute Gasteiger partial charge is 0.352 e. The summed E-state index contributed by atoms with van der Waals surface area (Å²) in [5.74, 6) is 0.268. The second kappa shape index (κ2) is 8.19. The van der Waals surface area contributed by atoms with Crippen LogP contribution >= 0.6 is 11.6 Å². The number of carbonyl (C=O) groups excluding carboxylic acids is 2. The average molecular weight is 364 g/mol. The number of halogens is 1. The van der Waals surface area contributed by atoms with Crippen LogP contribution in [0.25, 0.3) is 0 Å². The molecule has 1 atom stereocenters. The highest BCUT2D eigenvalue weighted by atomic mass is 35.5. The molecule has 1 heterocycles. The molecule has 5 nitrogen and oxygen atoms in total. The second-order valence-electron chi connectivity index (χ2n) is 7.08. The summed E-state index contributed by atoms with van der Waals surface area (Å²) in [5.41, 5.74) is 1.95. The van der Waals surface area contributed by atoms with Crippen LogP contribution < -0.4 is 10.6 Å². The van der Waals surface area contributed by atoms with Gasteiger partial charge < -0.3 is 15.5 Å². The van der Waals surface area contributed by atoms with E-state index in [0.717, 1.165) is 49.9 Å². The van der Waals surface area contributed by atoms with Crippen LogP contribution in [0.1, 0.15) is 43.7 Å². The smallest absolute Gasteiger partial charge is 0.227 e. The van der Waals surface area contributed by atoms with E-state index in [-0.39, 0.29) is 17.7 Å². The Balaban J connectivity index is 1.72. The van der Waals surface area contributed by atoms with Crippen molar-refractivity contribution in [2.24, 2.45) is 5.92 Å². The molecular formula is C19H26ClN3O2. The minimum Gasteiger partial charge on any atom is -0.352 e. The molecule has 1 aliphatic carbocycles. The van der Waals surface area contributed by atoms with Crippen LogP contribution in [0.15, 0.2) is 18.2 Å². The summed E-state index contributed by atoms with van der Waals surface area (Å²) in [5, 5.41) is 6.80. The Bertz CT molecular complexity index is 640. The molecule has 2 amide bonds. The molecule has 1 aromatic rings. The highest BCUT2D eigenvalue weighted by Gasteiger charge is 2.36. The molecule has 2 fully saturated rings. The van der Waals surface area contributed by atoms with E-state index in [1.54, 1.807) is 0 Å². The number of nitrogens with zero attached hydrogens (tertiary/aromatic N) is 1. The Hall–Kier alpha value is -1.59. The van der Waals surface area contributed by atoms with Gasteiger partial charge in [-0.25, -0.2) is 0 Å². The molecule has 0 radical (unpaired) electrons.